The third-order valence-electron chi connectivity index (χ3n) is 2.09. The summed E-state index contributed by atoms with van der Waals surface area (Å²) in [7, 11) is 1.69. The third kappa shape index (κ3) is 2.87. The molecule has 17 heavy (non-hydrogen) atoms. The van der Waals surface area contributed by atoms with Crippen LogP contribution in [0.15, 0.2) is 18.2 Å². The molecule has 1 aromatic heterocycles. The van der Waals surface area contributed by atoms with Crippen LogP contribution in [0.3, 0.4) is 0 Å². The number of hydrogen-bond acceptors (Lipinski definition) is 4. The number of alkyl halides is 1. The van der Waals surface area contributed by atoms with E-state index in [1.807, 2.05) is 12.1 Å². The largest absolute Gasteiger partial charge is 0.484 e. The summed E-state index contributed by atoms with van der Waals surface area (Å²) in [6.07, 6.45) is 0. The third-order valence-corrected chi connectivity index (χ3v) is 2.67. The van der Waals surface area contributed by atoms with Crippen molar-refractivity contribution in [3.05, 3.63) is 34.6 Å². The molecule has 1 aromatic carbocycles. The highest BCUT2D eigenvalue weighted by Gasteiger charge is 2.09. The van der Waals surface area contributed by atoms with Gasteiger partial charge < -0.3 is 4.74 Å². The summed E-state index contributed by atoms with van der Waals surface area (Å²) in [5, 5.41) is 12.1. The van der Waals surface area contributed by atoms with Gasteiger partial charge in [-0.05, 0) is 11.3 Å². The van der Waals surface area contributed by atoms with Crippen molar-refractivity contribution in [1.29, 1.82) is 0 Å². The minimum atomic E-state index is 0.210. The highest BCUT2D eigenvalue weighted by molar-refractivity contribution is 6.32. The van der Waals surface area contributed by atoms with Crippen LogP contribution in [0.2, 0.25) is 5.02 Å². The predicted octanol–water partition coefficient (Wildman–Crippen LogP) is 2.18. The molecule has 0 aliphatic rings. The molecular formula is C10H10Cl2N4O. The van der Waals surface area contributed by atoms with Gasteiger partial charge in [-0.25, -0.2) is 0 Å². The van der Waals surface area contributed by atoms with E-state index in [1.165, 1.54) is 4.80 Å². The molecule has 0 unspecified atom stereocenters. The number of para-hydroxylation sites is 1. The minimum Gasteiger partial charge on any atom is -0.484 e. The first-order valence-electron chi connectivity index (χ1n) is 4.89. The summed E-state index contributed by atoms with van der Waals surface area (Å²) in [5.74, 6) is 1.40. The number of rotatable bonds is 4. The average molecular weight is 273 g/mol. The molecule has 0 atom stereocenters. The Labute approximate surface area is 108 Å². The lowest BCUT2D eigenvalue weighted by Crippen LogP contribution is -2.01. The van der Waals surface area contributed by atoms with E-state index in [2.05, 4.69) is 15.4 Å². The van der Waals surface area contributed by atoms with Gasteiger partial charge in [0.05, 0.1) is 18.0 Å². The summed E-state index contributed by atoms with van der Waals surface area (Å²) in [5.41, 5.74) is 0.836. The molecule has 0 fully saturated rings. The van der Waals surface area contributed by atoms with Crippen molar-refractivity contribution in [2.75, 3.05) is 0 Å². The minimum absolute atomic E-state index is 0.210. The summed E-state index contributed by atoms with van der Waals surface area (Å²) in [6, 6.07) is 5.43. The molecule has 0 aliphatic carbocycles. The van der Waals surface area contributed by atoms with Crippen LogP contribution >= 0.6 is 23.2 Å². The zero-order valence-corrected chi connectivity index (χ0v) is 10.6. The Morgan fingerprint density at radius 1 is 1.41 bits per heavy atom. The fraction of sp³-hybridized carbons (Fsp3) is 0.300. The van der Waals surface area contributed by atoms with Crippen molar-refractivity contribution >= 4 is 23.2 Å². The average Bonchev–Trinajstić information content (AvgIpc) is 2.73. The van der Waals surface area contributed by atoms with Gasteiger partial charge in [0.1, 0.15) is 5.75 Å². The number of hydrogen-bond donors (Lipinski definition) is 0. The van der Waals surface area contributed by atoms with Crippen LogP contribution in [-0.4, -0.2) is 20.2 Å². The molecule has 0 aliphatic heterocycles. The first-order chi connectivity index (χ1) is 8.20. The van der Waals surface area contributed by atoms with Gasteiger partial charge in [-0.2, -0.15) is 4.80 Å². The second-order valence-corrected chi connectivity index (χ2v) is 4.02. The predicted molar refractivity (Wildman–Crippen MR) is 64.1 cm³/mol. The van der Waals surface area contributed by atoms with Crippen LogP contribution in [0, 0.1) is 0 Å². The van der Waals surface area contributed by atoms with E-state index >= 15 is 0 Å². The zero-order chi connectivity index (χ0) is 12.3. The van der Waals surface area contributed by atoms with E-state index < -0.39 is 0 Å². The smallest absolute Gasteiger partial charge is 0.212 e. The van der Waals surface area contributed by atoms with E-state index in [-0.39, 0.29) is 6.61 Å². The molecule has 5 nitrogen and oxygen atoms in total. The van der Waals surface area contributed by atoms with E-state index in [9.17, 15) is 0 Å². The van der Waals surface area contributed by atoms with E-state index in [0.29, 0.717) is 22.5 Å². The Hall–Kier alpha value is -1.33. The Morgan fingerprint density at radius 3 is 2.88 bits per heavy atom. The van der Waals surface area contributed by atoms with Crippen LogP contribution in [0.25, 0.3) is 0 Å². The number of ether oxygens (including phenoxy) is 1. The van der Waals surface area contributed by atoms with Crippen LogP contribution in [0.1, 0.15) is 11.4 Å². The van der Waals surface area contributed by atoms with Gasteiger partial charge in [0.2, 0.25) is 5.82 Å². The highest BCUT2D eigenvalue weighted by atomic mass is 35.5. The number of aryl methyl sites for hydroxylation is 1. The summed E-state index contributed by atoms with van der Waals surface area (Å²) in [6.45, 7) is 0.210. The molecule has 90 valence electrons. The molecule has 0 N–H and O–H groups in total. The van der Waals surface area contributed by atoms with Gasteiger partial charge in [-0.15, -0.1) is 21.8 Å². The molecule has 0 amide bonds. The second kappa shape index (κ2) is 5.33. The number of benzene rings is 1. The SMILES string of the molecule is Cn1nnc(COc2c(Cl)cccc2CCl)n1. The van der Waals surface area contributed by atoms with Crippen LogP contribution in [0.5, 0.6) is 5.75 Å². The van der Waals surface area contributed by atoms with Crippen LogP contribution in [-0.2, 0) is 19.5 Å². The first kappa shape index (κ1) is 12.1. The second-order valence-electron chi connectivity index (χ2n) is 3.35. The van der Waals surface area contributed by atoms with Gasteiger partial charge in [0.25, 0.3) is 0 Å². The number of tetrazole rings is 1. The van der Waals surface area contributed by atoms with Crippen molar-refractivity contribution in [2.45, 2.75) is 12.5 Å². The topological polar surface area (TPSA) is 52.8 Å². The van der Waals surface area contributed by atoms with Crippen molar-refractivity contribution < 1.29 is 4.74 Å². The maximum absolute atomic E-state index is 6.03. The first-order valence-corrected chi connectivity index (χ1v) is 5.81. The summed E-state index contributed by atoms with van der Waals surface area (Å²) < 4.78 is 5.56. The normalized spacial score (nSPS) is 10.5. The fourth-order valence-corrected chi connectivity index (χ4v) is 1.80. The van der Waals surface area contributed by atoms with Crippen LogP contribution < -0.4 is 4.74 Å². The fourth-order valence-electron chi connectivity index (χ4n) is 1.34. The summed E-state index contributed by atoms with van der Waals surface area (Å²) >= 11 is 11.8. The molecule has 0 saturated heterocycles. The molecule has 2 aromatic rings. The molecule has 0 spiro atoms. The Bertz CT molecular complexity index is 515. The standard InChI is InChI=1S/C10H10Cl2N4O/c1-16-14-9(13-15-16)6-17-10-7(5-11)3-2-4-8(10)12/h2-4H,5-6H2,1H3. The zero-order valence-electron chi connectivity index (χ0n) is 9.10. The lowest BCUT2D eigenvalue weighted by molar-refractivity contribution is 0.293. The Morgan fingerprint density at radius 2 is 2.24 bits per heavy atom. The quantitative estimate of drug-likeness (QED) is 0.801. The molecule has 1 heterocycles. The molecule has 0 saturated carbocycles. The maximum Gasteiger partial charge on any atom is 0.212 e. The number of halogens is 2. The van der Waals surface area contributed by atoms with Gasteiger partial charge in [-0.1, -0.05) is 23.7 Å². The van der Waals surface area contributed by atoms with Gasteiger partial charge in [0.15, 0.2) is 6.61 Å². The summed E-state index contributed by atoms with van der Waals surface area (Å²) in [4.78, 5) is 1.37. The van der Waals surface area contributed by atoms with E-state index in [1.54, 1.807) is 13.1 Å². The van der Waals surface area contributed by atoms with Gasteiger partial charge in [-0.3, -0.25) is 0 Å². The Kier molecular flexibility index (Phi) is 3.81. The lowest BCUT2D eigenvalue weighted by Gasteiger charge is -2.09. The van der Waals surface area contributed by atoms with Crippen molar-refractivity contribution in [3.8, 4) is 5.75 Å². The maximum atomic E-state index is 6.03. The van der Waals surface area contributed by atoms with Gasteiger partial charge in [0, 0.05) is 5.56 Å². The monoisotopic (exact) mass is 272 g/mol. The molecule has 0 radical (unpaired) electrons. The van der Waals surface area contributed by atoms with E-state index in [0.717, 1.165) is 5.56 Å². The van der Waals surface area contributed by atoms with Crippen molar-refractivity contribution in [2.24, 2.45) is 7.05 Å². The number of aromatic nitrogens is 4. The molecule has 2 rings (SSSR count). The number of nitrogens with zero attached hydrogens (tertiary/aromatic N) is 4. The van der Waals surface area contributed by atoms with Crippen LogP contribution in [0.4, 0.5) is 0 Å². The Balaban J connectivity index is 2.13. The van der Waals surface area contributed by atoms with Crippen molar-refractivity contribution in [1.82, 2.24) is 20.2 Å². The van der Waals surface area contributed by atoms with E-state index in [4.69, 9.17) is 27.9 Å². The lowest BCUT2D eigenvalue weighted by atomic mass is 10.2. The van der Waals surface area contributed by atoms with Gasteiger partial charge >= 0.3 is 0 Å². The highest BCUT2D eigenvalue weighted by Crippen LogP contribution is 2.30. The van der Waals surface area contributed by atoms with Crippen molar-refractivity contribution in [3.63, 3.8) is 0 Å². The molecule has 7 heteroatoms. The molecular weight excluding hydrogens is 263 g/mol. The molecule has 0 bridgehead atoms.